The van der Waals surface area contributed by atoms with Gasteiger partial charge in [-0.05, 0) is 74.4 Å². The van der Waals surface area contributed by atoms with Crippen LogP contribution in [0.4, 0.5) is 5.69 Å². The maximum atomic E-state index is 13.4. The molecular weight excluding hydrogens is 464 g/mol. The number of sulfonamides is 1. The Morgan fingerprint density at radius 1 is 1.09 bits per heavy atom. The molecule has 1 N–H and O–H groups in total. The van der Waals surface area contributed by atoms with Crippen LogP contribution in [0.3, 0.4) is 0 Å². The largest absolute Gasteiger partial charge is 0.352 e. The van der Waals surface area contributed by atoms with E-state index in [0.717, 1.165) is 36.1 Å². The molecule has 1 saturated carbocycles. The molecule has 2 aromatic rings. The predicted molar refractivity (Wildman–Crippen MR) is 132 cm³/mol. The average molecular weight is 497 g/mol. The van der Waals surface area contributed by atoms with Crippen LogP contribution in [-0.2, 0) is 32.6 Å². The lowest BCUT2D eigenvalue weighted by molar-refractivity contribution is -0.126. The fraction of sp³-hybridized carbons (Fsp3) is 0.500. The highest BCUT2D eigenvalue weighted by molar-refractivity contribution is 7.89. The Labute approximate surface area is 206 Å². The smallest absolute Gasteiger partial charge is 0.243 e. The zero-order valence-electron chi connectivity index (χ0n) is 20.0. The van der Waals surface area contributed by atoms with Gasteiger partial charge in [-0.3, -0.25) is 14.6 Å². The van der Waals surface area contributed by atoms with Crippen molar-refractivity contribution in [2.75, 3.05) is 18.0 Å². The Balaban J connectivity index is 1.22. The van der Waals surface area contributed by atoms with E-state index in [1.165, 1.54) is 4.31 Å². The van der Waals surface area contributed by atoms with E-state index in [0.29, 0.717) is 38.9 Å². The lowest BCUT2D eigenvalue weighted by Gasteiger charge is -2.32. The molecule has 0 unspecified atom stereocenters. The molecule has 3 aliphatic rings. The van der Waals surface area contributed by atoms with Crippen molar-refractivity contribution in [3.8, 4) is 0 Å². The number of piperidine rings is 1. The van der Waals surface area contributed by atoms with Crippen molar-refractivity contribution in [1.29, 1.82) is 0 Å². The minimum absolute atomic E-state index is 0.0389. The van der Waals surface area contributed by atoms with Crippen molar-refractivity contribution in [3.63, 3.8) is 0 Å². The summed E-state index contributed by atoms with van der Waals surface area (Å²) in [6.45, 7) is 3.06. The molecule has 0 bridgehead atoms. The van der Waals surface area contributed by atoms with Crippen molar-refractivity contribution >= 4 is 27.5 Å². The maximum Gasteiger partial charge on any atom is 0.243 e. The van der Waals surface area contributed by atoms with Gasteiger partial charge in [0.15, 0.2) is 0 Å². The van der Waals surface area contributed by atoms with Crippen LogP contribution < -0.4 is 10.2 Å². The summed E-state index contributed by atoms with van der Waals surface area (Å²) in [6.07, 6.45) is 8.04. The lowest BCUT2D eigenvalue weighted by Crippen LogP contribution is -2.43. The van der Waals surface area contributed by atoms with E-state index in [-0.39, 0.29) is 34.6 Å². The average Bonchev–Trinajstić information content (AvgIpc) is 3.17. The van der Waals surface area contributed by atoms with E-state index in [1.807, 2.05) is 24.0 Å². The van der Waals surface area contributed by atoms with Crippen molar-refractivity contribution in [3.05, 3.63) is 53.9 Å². The van der Waals surface area contributed by atoms with Crippen LogP contribution in [0.25, 0.3) is 0 Å². The minimum Gasteiger partial charge on any atom is -0.352 e. The molecule has 186 valence electrons. The Morgan fingerprint density at radius 3 is 2.51 bits per heavy atom. The van der Waals surface area contributed by atoms with Gasteiger partial charge in [-0.25, -0.2) is 8.42 Å². The zero-order valence-corrected chi connectivity index (χ0v) is 20.8. The molecule has 35 heavy (non-hydrogen) atoms. The van der Waals surface area contributed by atoms with Gasteiger partial charge in [-0.2, -0.15) is 4.31 Å². The van der Waals surface area contributed by atoms with Crippen LogP contribution in [0.2, 0.25) is 0 Å². The van der Waals surface area contributed by atoms with Crippen molar-refractivity contribution in [2.24, 2.45) is 11.8 Å². The summed E-state index contributed by atoms with van der Waals surface area (Å²) in [4.78, 5) is 31.7. The number of nitrogens with zero attached hydrogens (tertiary/aromatic N) is 3. The standard InChI is InChI=1S/C26H32N4O4S/c1-18-14-22-15-23(7-8-24(22)30(18)26(32)21-5-2-6-21)35(33,34)29-12-9-20(10-13-29)25(31)28-17-19-4-3-11-27-16-19/h3-4,7-8,11,15-16,18,20-21H,2,5-6,9-10,12-14,17H2,1H3,(H,28,31)/t18-/m0/s1. The number of nitrogens with one attached hydrogen (secondary N) is 1. The van der Waals surface area contributed by atoms with Crippen LogP contribution in [0.1, 0.15) is 50.2 Å². The highest BCUT2D eigenvalue weighted by Crippen LogP contribution is 2.38. The monoisotopic (exact) mass is 496 g/mol. The molecule has 2 aliphatic heterocycles. The summed E-state index contributed by atoms with van der Waals surface area (Å²) in [7, 11) is -3.66. The van der Waals surface area contributed by atoms with Crippen LogP contribution in [0, 0.1) is 11.8 Å². The molecule has 9 heteroatoms. The number of anilines is 1. The Kier molecular flexibility index (Phi) is 6.63. The molecule has 0 spiro atoms. The van der Waals surface area contributed by atoms with E-state index in [9.17, 15) is 18.0 Å². The first-order valence-electron chi connectivity index (χ1n) is 12.5. The van der Waals surface area contributed by atoms with Gasteiger partial charge in [0.05, 0.1) is 4.90 Å². The van der Waals surface area contributed by atoms with Gasteiger partial charge in [0.1, 0.15) is 0 Å². The first kappa shape index (κ1) is 23.9. The first-order valence-corrected chi connectivity index (χ1v) is 13.9. The number of pyridine rings is 1. The summed E-state index contributed by atoms with van der Waals surface area (Å²) in [5, 5.41) is 2.94. The Hall–Kier alpha value is -2.78. The number of hydrogen-bond donors (Lipinski definition) is 1. The van der Waals surface area contributed by atoms with E-state index < -0.39 is 10.0 Å². The SMILES string of the molecule is C[C@H]1Cc2cc(S(=O)(=O)N3CCC(C(=O)NCc4cccnc4)CC3)ccc2N1C(=O)C1CCC1. The second-order valence-electron chi connectivity index (χ2n) is 9.94. The van der Waals surface area contributed by atoms with Gasteiger partial charge in [0.25, 0.3) is 0 Å². The molecule has 3 heterocycles. The third kappa shape index (κ3) is 4.71. The lowest BCUT2D eigenvalue weighted by atomic mass is 9.84. The molecule has 1 atom stereocenters. The second-order valence-corrected chi connectivity index (χ2v) is 11.9. The molecule has 1 saturated heterocycles. The van der Waals surface area contributed by atoms with Crippen LogP contribution in [-0.4, -0.2) is 48.7 Å². The van der Waals surface area contributed by atoms with E-state index in [4.69, 9.17) is 0 Å². The highest BCUT2D eigenvalue weighted by atomic mass is 32.2. The van der Waals surface area contributed by atoms with Gasteiger partial charge in [0, 0.05) is 55.6 Å². The summed E-state index contributed by atoms with van der Waals surface area (Å²) < 4.78 is 28.2. The van der Waals surface area contributed by atoms with Crippen molar-refractivity contribution in [1.82, 2.24) is 14.6 Å². The summed E-state index contributed by atoms with van der Waals surface area (Å²) in [5.74, 6) is 0.0235. The van der Waals surface area contributed by atoms with E-state index in [2.05, 4.69) is 10.3 Å². The third-order valence-corrected chi connectivity index (χ3v) is 9.51. The van der Waals surface area contributed by atoms with Gasteiger partial charge >= 0.3 is 0 Å². The van der Waals surface area contributed by atoms with Gasteiger partial charge < -0.3 is 10.2 Å². The molecule has 1 aromatic heterocycles. The number of carbonyl (C=O) groups excluding carboxylic acids is 2. The number of rotatable bonds is 6. The normalized spacial score (nSPS) is 21.4. The van der Waals surface area contributed by atoms with Gasteiger partial charge in [0.2, 0.25) is 21.8 Å². The first-order chi connectivity index (χ1) is 16.8. The van der Waals surface area contributed by atoms with Gasteiger partial charge in [-0.15, -0.1) is 0 Å². The molecule has 2 amide bonds. The van der Waals surface area contributed by atoms with Crippen LogP contribution in [0.15, 0.2) is 47.6 Å². The van der Waals surface area contributed by atoms with E-state index >= 15 is 0 Å². The zero-order chi connectivity index (χ0) is 24.6. The molecule has 8 nitrogen and oxygen atoms in total. The second kappa shape index (κ2) is 9.70. The summed E-state index contributed by atoms with van der Waals surface area (Å²) in [5.41, 5.74) is 2.69. The number of carbonyl (C=O) groups is 2. The fourth-order valence-corrected chi connectivity index (χ4v) is 6.82. The number of amides is 2. The summed E-state index contributed by atoms with van der Waals surface area (Å²) in [6, 6.07) is 8.93. The fourth-order valence-electron chi connectivity index (χ4n) is 5.30. The predicted octanol–water partition coefficient (Wildman–Crippen LogP) is 2.88. The van der Waals surface area contributed by atoms with Gasteiger partial charge in [-0.1, -0.05) is 12.5 Å². The van der Waals surface area contributed by atoms with Crippen LogP contribution in [0.5, 0.6) is 0 Å². The molecular formula is C26H32N4O4S. The third-order valence-electron chi connectivity index (χ3n) is 7.61. The van der Waals surface area contributed by atoms with E-state index in [1.54, 1.807) is 30.6 Å². The number of benzene rings is 1. The quantitative estimate of drug-likeness (QED) is 0.663. The maximum absolute atomic E-state index is 13.4. The number of aromatic nitrogens is 1. The van der Waals surface area contributed by atoms with Crippen molar-refractivity contribution < 1.29 is 18.0 Å². The highest BCUT2D eigenvalue weighted by Gasteiger charge is 2.38. The number of fused-ring (bicyclic) bond motifs is 1. The number of hydrogen-bond acceptors (Lipinski definition) is 5. The summed E-state index contributed by atoms with van der Waals surface area (Å²) >= 11 is 0. The molecule has 5 rings (SSSR count). The Morgan fingerprint density at radius 2 is 1.86 bits per heavy atom. The molecule has 1 aromatic carbocycles. The molecule has 2 fully saturated rings. The van der Waals surface area contributed by atoms with Crippen LogP contribution >= 0.6 is 0 Å². The minimum atomic E-state index is -3.66. The Bertz CT molecular complexity index is 1210. The topological polar surface area (TPSA) is 99.7 Å². The van der Waals surface area contributed by atoms with Crippen molar-refractivity contribution in [2.45, 2.75) is 62.9 Å². The molecule has 1 aliphatic carbocycles. The molecule has 0 radical (unpaired) electrons.